The molecule has 0 aromatic heterocycles. The van der Waals surface area contributed by atoms with Crippen molar-refractivity contribution in [2.24, 2.45) is 5.73 Å². The maximum Gasteiger partial charge on any atom is 0.205 e. The minimum Gasteiger partial charge on any atom is -0.440 e. The summed E-state index contributed by atoms with van der Waals surface area (Å²) in [6.45, 7) is 0. The fraction of sp³-hybridized carbons (Fsp3) is 0.0357. The quantitative estimate of drug-likeness (QED) is 0.334. The van der Waals surface area contributed by atoms with E-state index in [0.717, 1.165) is 43.4 Å². The monoisotopic (exact) mass is 398 g/mol. The molecule has 2 N–H and O–H groups in total. The Labute approximate surface area is 179 Å². The van der Waals surface area contributed by atoms with E-state index in [2.05, 4.69) is 48.5 Å². The molecule has 146 valence electrons. The number of hydrogen-bond acceptors (Lipinski definition) is 3. The van der Waals surface area contributed by atoms with Gasteiger partial charge in [0, 0.05) is 5.56 Å². The number of fused-ring (bicyclic) bond motifs is 5. The lowest BCUT2D eigenvalue weighted by Gasteiger charge is -2.29. The van der Waals surface area contributed by atoms with Gasteiger partial charge in [0.15, 0.2) is 0 Å². The highest BCUT2D eigenvalue weighted by Gasteiger charge is 2.34. The van der Waals surface area contributed by atoms with Gasteiger partial charge in [0.25, 0.3) is 0 Å². The number of rotatable bonds is 1. The van der Waals surface area contributed by atoms with Gasteiger partial charge in [-0.2, -0.15) is 5.26 Å². The zero-order valence-electron chi connectivity index (χ0n) is 16.7. The van der Waals surface area contributed by atoms with E-state index >= 15 is 0 Å². The zero-order valence-corrected chi connectivity index (χ0v) is 16.7. The highest BCUT2D eigenvalue weighted by Crippen LogP contribution is 2.49. The summed E-state index contributed by atoms with van der Waals surface area (Å²) in [7, 11) is 0. The lowest BCUT2D eigenvalue weighted by atomic mass is 9.77. The lowest BCUT2D eigenvalue weighted by Crippen LogP contribution is -2.21. The summed E-state index contributed by atoms with van der Waals surface area (Å²) >= 11 is 0. The van der Waals surface area contributed by atoms with Crippen molar-refractivity contribution in [1.82, 2.24) is 0 Å². The van der Waals surface area contributed by atoms with Crippen molar-refractivity contribution in [3.63, 3.8) is 0 Å². The summed E-state index contributed by atoms with van der Waals surface area (Å²) in [6, 6.07) is 33.5. The molecule has 1 aliphatic rings. The van der Waals surface area contributed by atoms with Gasteiger partial charge in [-0.15, -0.1) is 0 Å². The molecule has 1 aliphatic heterocycles. The van der Waals surface area contributed by atoms with Gasteiger partial charge < -0.3 is 10.5 Å². The van der Waals surface area contributed by atoms with E-state index in [0.29, 0.717) is 11.3 Å². The Morgan fingerprint density at radius 2 is 1.23 bits per heavy atom. The normalized spacial score (nSPS) is 15.6. The minimum absolute atomic E-state index is 0.173. The van der Waals surface area contributed by atoms with Gasteiger partial charge in [-0.1, -0.05) is 78.9 Å². The van der Waals surface area contributed by atoms with E-state index in [1.54, 1.807) is 0 Å². The number of benzene rings is 5. The van der Waals surface area contributed by atoms with Crippen LogP contribution in [0.15, 0.2) is 102 Å². The Morgan fingerprint density at radius 1 is 0.677 bits per heavy atom. The van der Waals surface area contributed by atoms with Crippen LogP contribution in [0.25, 0.3) is 32.3 Å². The van der Waals surface area contributed by atoms with Crippen molar-refractivity contribution in [3.05, 3.63) is 114 Å². The molecule has 5 aromatic rings. The third-order valence-corrected chi connectivity index (χ3v) is 6.22. The number of hydrogen-bond donors (Lipinski definition) is 1. The van der Waals surface area contributed by atoms with Crippen LogP contribution in [-0.2, 0) is 0 Å². The molecule has 6 rings (SSSR count). The number of nitrogens with two attached hydrogens (primary N) is 1. The predicted octanol–water partition coefficient (Wildman–Crippen LogP) is 6.36. The molecule has 1 heterocycles. The Bertz CT molecular complexity index is 1540. The molecular formula is C28H18N2O. The number of allylic oxidation sites excluding steroid dienone is 1. The molecule has 0 saturated heterocycles. The van der Waals surface area contributed by atoms with E-state index in [9.17, 15) is 5.26 Å². The third-order valence-electron chi connectivity index (χ3n) is 6.22. The molecule has 31 heavy (non-hydrogen) atoms. The number of ether oxygens (including phenoxy) is 1. The van der Waals surface area contributed by atoms with Crippen molar-refractivity contribution in [2.45, 2.75) is 5.92 Å². The summed E-state index contributed by atoms with van der Waals surface area (Å²) in [6.07, 6.45) is 0. The molecule has 0 aliphatic carbocycles. The Hall–Kier alpha value is -4.29. The van der Waals surface area contributed by atoms with Gasteiger partial charge in [-0.25, -0.2) is 0 Å². The molecule has 1 unspecified atom stereocenters. The first-order valence-electron chi connectivity index (χ1n) is 10.3. The van der Waals surface area contributed by atoms with Gasteiger partial charge >= 0.3 is 0 Å². The highest BCUT2D eigenvalue weighted by molar-refractivity contribution is 6.04. The summed E-state index contributed by atoms with van der Waals surface area (Å²) in [5.74, 6) is 0.556. The minimum atomic E-state index is -0.323. The van der Waals surface area contributed by atoms with Crippen molar-refractivity contribution in [2.75, 3.05) is 0 Å². The lowest BCUT2D eigenvalue weighted by molar-refractivity contribution is 0.395. The summed E-state index contributed by atoms with van der Waals surface area (Å²) in [4.78, 5) is 0. The molecule has 3 nitrogen and oxygen atoms in total. The van der Waals surface area contributed by atoms with Crippen LogP contribution < -0.4 is 10.5 Å². The average molecular weight is 398 g/mol. The molecule has 0 fully saturated rings. The first-order valence-corrected chi connectivity index (χ1v) is 10.3. The second-order valence-corrected chi connectivity index (χ2v) is 7.86. The topological polar surface area (TPSA) is 59.0 Å². The Morgan fingerprint density at radius 3 is 1.84 bits per heavy atom. The van der Waals surface area contributed by atoms with E-state index in [1.807, 2.05) is 48.5 Å². The molecule has 3 heteroatoms. The van der Waals surface area contributed by atoms with E-state index < -0.39 is 0 Å². The molecule has 0 radical (unpaired) electrons. The van der Waals surface area contributed by atoms with Crippen molar-refractivity contribution < 1.29 is 4.74 Å². The first-order chi connectivity index (χ1) is 15.3. The molecule has 0 bridgehead atoms. The zero-order chi connectivity index (χ0) is 20.9. The summed E-state index contributed by atoms with van der Waals surface area (Å²) in [5, 5.41) is 16.9. The fourth-order valence-electron chi connectivity index (χ4n) is 4.89. The van der Waals surface area contributed by atoms with E-state index in [1.165, 1.54) is 0 Å². The van der Waals surface area contributed by atoms with Crippen molar-refractivity contribution in [3.8, 4) is 11.8 Å². The fourth-order valence-corrected chi connectivity index (χ4v) is 4.89. The smallest absolute Gasteiger partial charge is 0.205 e. The third kappa shape index (κ3) is 2.52. The molecule has 0 saturated carbocycles. The van der Waals surface area contributed by atoms with Gasteiger partial charge in [-0.3, -0.25) is 0 Å². The van der Waals surface area contributed by atoms with Crippen LogP contribution in [0, 0.1) is 11.3 Å². The van der Waals surface area contributed by atoms with Crippen LogP contribution in [0.4, 0.5) is 0 Å². The van der Waals surface area contributed by atoms with Gasteiger partial charge in [0.05, 0.1) is 5.92 Å². The molecule has 0 spiro atoms. The summed E-state index contributed by atoms with van der Waals surface area (Å²) in [5.41, 5.74) is 8.83. The van der Waals surface area contributed by atoms with E-state index in [4.69, 9.17) is 10.5 Å². The largest absolute Gasteiger partial charge is 0.440 e. The molecule has 1 atom stereocenters. The number of nitrogens with zero attached hydrogens (tertiary/aromatic N) is 1. The maximum absolute atomic E-state index is 10.2. The molecule has 5 aromatic carbocycles. The first kappa shape index (κ1) is 17.6. The predicted molar refractivity (Wildman–Crippen MR) is 125 cm³/mol. The molecular weight excluding hydrogens is 380 g/mol. The number of nitriles is 1. The van der Waals surface area contributed by atoms with Crippen LogP contribution in [0.5, 0.6) is 5.75 Å². The Kier molecular flexibility index (Phi) is 3.75. The standard InChI is InChI=1S/C28H18N2O/c29-16-23-27(26-20-10-4-1-7-17(20)13-14-24(26)31-28(23)30)25-21-11-5-2-8-18(21)15-19-9-3-6-12-22(19)25/h1-15,27H,30H2. The Balaban J connectivity index is 1.83. The van der Waals surface area contributed by atoms with Gasteiger partial charge in [0.2, 0.25) is 5.88 Å². The van der Waals surface area contributed by atoms with Crippen LogP contribution in [0.2, 0.25) is 0 Å². The van der Waals surface area contributed by atoms with Crippen molar-refractivity contribution >= 4 is 32.3 Å². The maximum atomic E-state index is 10.2. The van der Waals surface area contributed by atoms with Crippen LogP contribution in [0.3, 0.4) is 0 Å². The van der Waals surface area contributed by atoms with E-state index in [-0.39, 0.29) is 11.8 Å². The SMILES string of the molecule is N#CC1=C(N)Oc2ccc3ccccc3c2C1c1c2ccccc2cc2ccccc12. The van der Waals surface area contributed by atoms with Gasteiger partial charge in [0.1, 0.15) is 17.4 Å². The highest BCUT2D eigenvalue weighted by atomic mass is 16.5. The summed E-state index contributed by atoms with van der Waals surface area (Å²) < 4.78 is 5.95. The average Bonchev–Trinajstić information content (AvgIpc) is 2.81. The van der Waals surface area contributed by atoms with Crippen LogP contribution in [-0.4, -0.2) is 0 Å². The second kappa shape index (κ2) is 6.62. The molecule has 0 amide bonds. The second-order valence-electron chi connectivity index (χ2n) is 7.86. The van der Waals surface area contributed by atoms with Crippen LogP contribution in [0.1, 0.15) is 17.0 Å². The van der Waals surface area contributed by atoms with Crippen LogP contribution >= 0.6 is 0 Å². The van der Waals surface area contributed by atoms with Crippen molar-refractivity contribution in [1.29, 1.82) is 5.26 Å². The van der Waals surface area contributed by atoms with Gasteiger partial charge in [-0.05, 0) is 50.0 Å².